The number of nitrogens with zero attached hydrogens (tertiary/aromatic N) is 4. The Morgan fingerprint density at radius 3 is 2.65 bits per heavy atom. The number of hydrogen-bond acceptors (Lipinski definition) is 7. The summed E-state index contributed by atoms with van der Waals surface area (Å²) < 4.78 is 2.19. The summed E-state index contributed by atoms with van der Waals surface area (Å²) in [6.45, 7) is 6.42. The largest absolute Gasteiger partial charge is 0.398 e. The standard InChI is InChI=1S/C23H33N7O/c1-15-9-10-16(18(24)11-15)12-25-20-19-21(29-22(28-20)26-13-23(2,3)31)30(14-27-19)17-7-5-4-6-8-17/h9-11,14,17,31H,4-8,12-13,24H2,1-3H3,(H2,25,26,28,29). The molecule has 1 aliphatic rings. The lowest BCUT2D eigenvalue weighted by Crippen LogP contribution is -2.30. The molecular formula is C23H33N7O. The zero-order valence-electron chi connectivity index (χ0n) is 18.6. The first-order valence-electron chi connectivity index (χ1n) is 11.1. The third-order valence-corrected chi connectivity index (χ3v) is 5.82. The molecule has 4 rings (SSSR count). The molecular weight excluding hydrogens is 390 g/mol. The number of rotatable bonds is 7. The van der Waals surface area contributed by atoms with Crippen LogP contribution in [0, 0.1) is 6.92 Å². The quantitative estimate of drug-likeness (QED) is 0.424. The van der Waals surface area contributed by atoms with Gasteiger partial charge < -0.3 is 26.0 Å². The minimum absolute atomic E-state index is 0.348. The monoisotopic (exact) mass is 423 g/mol. The molecule has 2 aromatic heterocycles. The van der Waals surface area contributed by atoms with E-state index >= 15 is 0 Å². The van der Waals surface area contributed by atoms with Gasteiger partial charge in [-0.15, -0.1) is 0 Å². The molecule has 0 spiro atoms. The molecule has 0 amide bonds. The molecule has 1 fully saturated rings. The van der Waals surface area contributed by atoms with Crippen LogP contribution < -0.4 is 16.4 Å². The topological polar surface area (TPSA) is 114 Å². The summed E-state index contributed by atoms with van der Waals surface area (Å²) in [5.74, 6) is 1.14. The van der Waals surface area contributed by atoms with Crippen LogP contribution in [-0.2, 0) is 6.54 Å². The number of fused-ring (bicyclic) bond motifs is 1. The highest BCUT2D eigenvalue weighted by molar-refractivity contribution is 5.84. The van der Waals surface area contributed by atoms with E-state index in [1.54, 1.807) is 13.8 Å². The first-order chi connectivity index (χ1) is 14.8. The van der Waals surface area contributed by atoms with Crippen molar-refractivity contribution in [3.05, 3.63) is 35.7 Å². The SMILES string of the molecule is Cc1ccc(CNc2nc(NCC(C)(C)O)nc3c2ncn3C2CCCCC2)c(N)c1. The van der Waals surface area contributed by atoms with Crippen molar-refractivity contribution < 1.29 is 5.11 Å². The maximum absolute atomic E-state index is 10.1. The van der Waals surface area contributed by atoms with Gasteiger partial charge in [0.2, 0.25) is 5.95 Å². The van der Waals surface area contributed by atoms with Crippen molar-refractivity contribution in [1.29, 1.82) is 0 Å². The molecule has 0 bridgehead atoms. The van der Waals surface area contributed by atoms with Crippen LogP contribution in [0.25, 0.3) is 11.2 Å². The van der Waals surface area contributed by atoms with Crippen LogP contribution in [0.4, 0.5) is 17.5 Å². The Kier molecular flexibility index (Phi) is 6.00. The van der Waals surface area contributed by atoms with Crippen molar-refractivity contribution >= 4 is 28.6 Å². The van der Waals surface area contributed by atoms with Crippen molar-refractivity contribution in [3.63, 3.8) is 0 Å². The Bertz CT molecular complexity index is 1050. The number of aliphatic hydroxyl groups is 1. The third kappa shape index (κ3) is 5.07. The van der Waals surface area contributed by atoms with Gasteiger partial charge in [0, 0.05) is 24.8 Å². The number of anilines is 3. The number of nitrogens with one attached hydrogen (secondary N) is 2. The molecule has 5 N–H and O–H groups in total. The average Bonchev–Trinajstić information content (AvgIpc) is 3.16. The van der Waals surface area contributed by atoms with E-state index in [2.05, 4.69) is 31.2 Å². The van der Waals surface area contributed by atoms with E-state index in [1.165, 1.54) is 19.3 Å². The zero-order valence-corrected chi connectivity index (χ0v) is 18.6. The first kappa shape index (κ1) is 21.4. The predicted molar refractivity (Wildman–Crippen MR) is 125 cm³/mol. The highest BCUT2D eigenvalue weighted by atomic mass is 16.3. The zero-order chi connectivity index (χ0) is 22.0. The van der Waals surface area contributed by atoms with Gasteiger partial charge in [-0.25, -0.2) is 4.98 Å². The van der Waals surface area contributed by atoms with E-state index in [1.807, 2.05) is 25.4 Å². The van der Waals surface area contributed by atoms with Crippen LogP contribution in [-0.4, -0.2) is 36.8 Å². The average molecular weight is 424 g/mol. The van der Waals surface area contributed by atoms with Crippen LogP contribution in [0.5, 0.6) is 0 Å². The normalized spacial score (nSPS) is 15.4. The minimum atomic E-state index is -0.869. The number of aromatic nitrogens is 4. The molecule has 1 saturated carbocycles. The van der Waals surface area contributed by atoms with Crippen molar-refractivity contribution in [2.45, 2.75) is 71.1 Å². The Morgan fingerprint density at radius 2 is 1.94 bits per heavy atom. The fourth-order valence-corrected chi connectivity index (χ4v) is 4.09. The number of nitrogen functional groups attached to an aromatic ring is 1. The summed E-state index contributed by atoms with van der Waals surface area (Å²) in [6.07, 6.45) is 7.94. The van der Waals surface area contributed by atoms with Gasteiger partial charge in [-0.1, -0.05) is 31.4 Å². The highest BCUT2D eigenvalue weighted by Crippen LogP contribution is 2.32. The van der Waals surface area contributed by atoms with Gasteiger partial charge in [-0.2, -0.15) is 9.97 Å². The molecule has 31 heavy (non-hydrogen) atoms. The Labute approximate surface area is 183 Å². The van der Waals surface area contributed by atoms with Gasteiger partial charge in [0.25, 0.3) is 0 Å². The van der Waals surface area contributed by atoms with Crippen molar-refractivity contribution in [3.8, 4) is 0 Å². The second-order valence-electron chi connectivity index (χ2n) is 9.23. The smallest absolute Gasteiger partial charge is 0.226 e. The van der Waals surface area contributed by atoms with Gasteiger partial charge in [0.05, 0.1) is 11.9 Å². The summed E-state index contributed by atoms with van der Waals surface area (Å²) in [5, 5.41) is 16.7. The van der Waals surface area contributed by atoms with Crippen molar-refractivity contribution in [2.75, 3.05) is 22.9 Å². The second kappa shape index (κ2) is 8.70. The van der Waals surface area contributed by atoms with E-state index in [9.17, 15) is 5.11 Å². The first-order valence-corrected chi connectivity index (χ1v) is 11.1. The van der Waals surface area contributed by atoms with Crippen LogP contribution in [0.15, 0.2) is 24.5 Å². The number of hydrogen-bond donors (Lipinski definition) is 4. The fourth-order valence-electron chi connectivity index (χ4n) is 4.09. The molecule has 0 radical (unpaired) electrons. The Balaban J connectivity index is 1.67. The second-order valence-corrected chi connectivity index (χ2v) is 9.23. The fraction of sp³-hybridized carbons (Fsp3) is 0.522. The lowest BCUT2D eigenvalue weighted by molar-refractivity contribution is 0.0943. The summed E-state index contributed by atoms with van der Waals surface area (Å²) in [5.41, 5.74) is 9.80. The molecule has 0 atom stereocenters. The summed E-state index contributed by atoms with van der Waals surface area (Å²) >= 11 is 0. The number of nitrogens with two attached hydrogens (primary N) is 1. The predicted octanol–water partition coefficient (Wildman–Crippen LogP) is 4.02. The molecule has 0 saturated heterocycles. The molecule has 1 aromatic carbocycles. The van der Waals surface area contributed by atoms with E-state index in [-0.39, 0.29) is 0 Å². The van der Waals surface area contributed by atoms with Gasteiger partial charge in [-0.05, 0) is 50.8 Å². The summed E-state index contributed by atoms with van der Waals surface area (Å²) in [7, 11) is 0. The summed E-state index contributed by atoms with van der Waals surface area (Å²) in [6, 6.07) is 6.47. The van der Waals surface area contributed by atoms with E-state index < -0.39 is 5.60 Å². The molecule has 0 aliphatic heterocycles. The minimum Gasteiger partial charge on any atom is -0.398 e. The lowest BCUT2D eigenvalue weighted by Gasteiger charge is -2.23. The van der Waals surface area contributed by atoms with Gasteiger partial charge >= 0.3 is 0 Å². The van der Waals surface area contributed by atoms with E-state index in [4.69, 9.17) is 10.7 Å². The van der Waals surface area contributed by atoms with Crippen LogP contribution in [0.3, 0.4) is 0 Å². The Morgan fingerprint density at radius 1 is 1.16 bits per heavy atom. The van der Waals surface area contributed by atoms with Gasteiger partial charge in [0.1, 0.15) is 0 Å². The molecule has 0 unspecified atom stereocenters. The van der Waals surface area contributed by atoms with Crippen LogP contribution >= 0.6 is 0 Å². The molecule has 1 aliphatic carbocycles. The van der Waals surface area contributed by atoms with Crippen LogP contribution in [0.1, 0.15) is 63.1 Å². The molecule has 8 heteroatoms. The number of aryl methyl sites for hydroxylation is 1. The van der Waals surface area contributed by atoms with E-state index in [0.717, 1.165) is 40.8 Å². The van der Waals surface area contributed by atoms with Crippen molar-refractivity contribution in [1.82, 2.24) is 19.5 Å². The molecule has 3 aromatic rings. The molecule has 166 valence electrons. The number of benzene rings is 1. The summed E-state index contributed by atoms with van der Waals surface area (Å²) in [4.78, 5) is 14.1. The molecule has 8 nitrogen and oxygen atoms in total. The highest BCUT2D eigenvalue weighted by Gasteiger charge is 2.21. The van der Waals surface area contributed by atoms with Gasteiger partial charge in [0.15, 0.2) is 17.0 Å². The maximum atomic E-state index is 10.1. The van der Waals surface area contributed by atoms with Crippen molar-refractivity contribution in [2.24, 2.45) is 0 Å². The van der Waals surface area contributed by atoms with Crippen LogP contribution in [0.2, 0.25) is 0 Å². The molecule has 2 heterocycles. The number of imidazole rings is 1. The van der Waals surface area contributed by atoms with E-state index in [0.29, 0.717) is 30.9 Å². The Hall–Kier alpha value is -2.87. The van der Waals surface area contributed by atoms with Gasteiger partial charge in [-0.3, -0.25) is 0 Å². The third-order valence-electron chi connectivity index (χ3n) is 5.82. The lowest BCUT2D eigenvalue weighted by atomic mass is 9.95. The maximum Gasteiger partial charge on any atom is 0.226 e.